The number of carbonyl (C=O) groups excluding carboxylic acids is 2. The molecule has 0 aromatic heterocycles. The number of hydrogen-bond acceptors (Lipinski definition) is 4. The number of anilines is 2. The molecular formula is C29H30ClFN4O2. The van der Waals surface area contributed by atoms with Crippen molar-refractivity contribution in [3.05, 3.63) is 94.8 Å². The molecule has 5 rings (SSSR count). The number of rotatable bonds is 5. The van der Waals surface area contributed by atoms with Gasteiger partial charge in [0.1, 0.15) is 5.82 Å². The van der Waals surface area contributed by atoms with Crippen LogP contribution in [0, 0.1) is 5.82 Å². The third-order valence-corrected chi connectivity index (χ3v) is 7.40. The van der Waals surface area contributed by atoms with Gasteiger partial charge in [-0.1, -0.05) is 29.8 Å². The molecule has 0 aliphatic carbocycles. The molecule has 8 heteroatoms. The lowest BCUT2D eigenvalue weighted by molar-refractivity contribution is 0.0747. The lowest BCUT2D eigenvalue weighted by Crippen LogP contribution is -2.49. The first-order chi connectivity index (χ1) is 18.0. The molecule has 0 spiro atoms. The molecule has 192 valence electrons. The summed E-state index contributed by atoms with van der Waals surface area (Å²) >= 11 is 6.02. The number of hydrogen-bond donors (Lipinski definition) is 1. The van der Waals surface area contributed by atoms with Gasteiger partial charge < -0.3 is 20.0 Å². The van der Waals surface area contributed by atoms with Crippen LogP contribution in [0.1, 0.15) is 33.6 Å². The van der Waals surface area contributed by atoms with Gasteiger partial charge in [0, 0.05) is 67.3 Å². The smallest absolute Gasteiger partial charge is 0.256 e. The fraction of sp³-hybridized carbons (Fsp3) is 0.310. The Morgan fingerprint density at radius 1 is 0.811 bits per heavy atom. The summed E-state index contributed by atoms with van der Waals surface area (Å²) in [6.45, 7) is 4.30. The third-order valence-electron chi connectivity index (χ3n) is 7.15. The highest BCUT2D eigenvalue weighted by Crippen LogP contribution is 2.27. The third kappa shape index (κ3) is 5.88. The normalized spacial score (nSPS) is 16.5. The van der Waals surface area contributed by atoms with Gasteiger partial charge in [0.25, 0.3) is 11.8 Å². The lowest BCUT2D eigenvalue weighted by atomic mass is 10.0. The maximum atomic E-state index is 13.5. The first-order valence-electron chi connectivity index (χ1n) is 12.7. The summed E-state index contributed by atoms with van der Waals surface area (Å²) in [5, 5.41) is 3.74. The molecule has 3 aromatic rings. The number of carbonyl (C=O) groups is 2. The Bertz CT molecular complexity index is 1250. The van der Waals surface area contributed by atoms with E-state index in [4.69, 9.17) is 11.6 Å². The highest BCUT2D eigenvalue weighted by atomic mass is 35.5. The van der Waals surface area contributed by atoms with Crippen molar-refractivity contribution < 1.29 is 14.0 Å². The lowest BCUT2D eigenvalue weighted by Gasteiger charge is -2.38. The molecule has 2 saturated heterocycles. The first-order valence-corrected chi connectivity index (χ1v) is 13.1. The van der Waals surface area contributed by atoms with Crippen molar-refractivity contribution >= 4 is 34.8 Å². The Balaban J connectivity index is 1.18. The van der Waals surface area contributed by atoms with E-state index in [2.05, 4.69) is 15.1 Å². The minimum atomic E-state index is -0.421. The molecule has 2 fully saturated rings. The molecule has 1 N–H and O–H groups in total. The van der Waals surface area contributed by atoms with Crippen molar-refractivity contribution in [3.63, 3.8) is 0 Å². The minimum absolute atomic E-state index is 0.0100. The maximum Gasteiger partial charge on any atom is 0.256 e. The van der Waals surface area contributed by atoms with Gasteiger partial charge >= 0.3 is 0 Å². The van der Waals surface area contributed by atoms with Crippen LogP contribution < -0.4 is 15.1 Å². The number of piperidine rings is 1. The van der Waals surface area contributed by atoms with Gasteiger partial charge in [-0.15, -0.1) is 0 Å². The zero-order valence-corrected chi connectivity index (χ0v) is 21.3. The van der Waals surface area contributed by atoms with Crippen LogP contribution in [0.4, 0.5) is 15.8 Å². The molecular weight excluding hydrogens is 491 g/mol. The Labute approximate surface area is 221 Å². The molecule has 2 aliphatic heterocycles. The molecule has 0 atom stereocenters. The Hall–Kier alpha value is -3.58. The van der Waals surface area contributed by atoms with Crippen molar-refractivity contribution in [3.8, 4) is 0 Å². The predicted molar refractivity (Wildman–Crippen MR) is 145 cm³/mol. The highest BCUT2D eigenvalue weighted by Gasteiger charge is 2.27. The van der Waals surface area contributed by atoms with Crippen LogP contribution >= 0.6 is 11.6 Å². The number of halogens is 2. The van der Waals surface area contributed by atoms with E-state index in [9.17, 15) is 14.0 Å². The summed E-state index contributed by atoms with van der Waals surface area (Å²) in [4.78, 5) is 32.5. The average Bonchev–Trinajstić information content (AvgIpc) is 2.94. The van der Waals surface area contributed by atoms with E-state index in [1.54, 1.807) is 12.1 Å². The van der Waals surface area contributed by atoms with Crippen LogP contribution in [0.2, 0.25) is 5.02 Å². The van der Waals surface area contributed by atoms with Gasteiger partial charge in [0.05, 0.1) is 5.56 Å². The molecule has 2 heterocycles. The largest absolute Gasteiger partial charge is 0.371 e. The van der Waals surface area contributed by atoms with E-state index < -0.39 is 5.82 Å². The van der Waals surface area contributed by atoms with Crippen LogP contribution in [-0.2, 0) is 0 Å². The van der Waals surface area contributed by atoms with Gasteiger partial charge in [0.15, 0.2) is 0 Å². The summed E-state index contributed by atoms with van der Waals surface area (Å²) < 4.78 is 13.5. The molecule has 0 radical (unpaired) electrons. The number of nitrogens with zero attached hydrogens (tertiary/aromatic N) is 3. The van der Waals surface area contributed by atoms with Crippen molar-refractivity contribution in [2.75, 3.05) is 49.1 Å². The van der Waals surface area contributed by atoms with E-state index >= 15 is 0 Å². The zero-order valence-electron chi connectivity index (χ0n) is 20.6. The topological polar surface area (TPSA) is 55.9 Å². The van der Waals surface area contributed by atoms with Crippen molar-refractivity contribution in [1.29, 1.82) is 0 Å². The van der Waals surface area contributed by atoms with Crippen LogP contribution in [0.5, 0.6) is 0 Å². The van der Waals surface area contributed by atoms with Crippen LogP contribution in [0.15, 0.2) is 72.8 Å². The van der Waals surface area contributed by atoms with Crippen molar-refractivity contribution in [2.24, 2.45) is 0 Å². The molecule has 6 nitrogen and oxygen atoms in total. The number of amides is 2. The summed E-state index contributed by atoms with van der Waals surface area (Å²) in [5.41, 5.74) is 3.09. The number of para-hydroxylation sites is 1. The van der Waals surface area contributed by atoms with E-state index in [-0.39, 0.29) is 17.9 Å². The fourth-order valence-corrected chi connectivity index (χ4v) is 5.21. The number of nitrogens with one attached hydrogen (secondary N) is 1. The molecule has 0 saturated carbocycles. The van der Waals surface area contributed by atoms with E-state index in [1.165, 1.54) is 12.1 Å². The molecule has 0 bridgehead atoms. The second-order valence-electron chi connectivity index (χ2n) is 9.52. The van der Waals surface area contributed by atoms with E-state index in [0.29, 0.717) is 29.2 Å². The maximum absolute atomic E-state index is 13.5. The number of piperazine rings is 1. The standard InChI is InChI=1S/C29H30ClFN4O2/c30-22-8-10-25(11-9-22)33-16-18-35(19-17-33)29(37)26-6-1-2-7-27(26)34-14-12-24(13-15-34)32-28(36)21-4-3-5-23(31)20-21/h1-11,20,24H,12-19H2,(H,32,36). The van der Waals surface area contributed by atoms with Crippen LogP contribution in [-0.4, -0.2) is 62.0 Å². The van der Waals surface area contributed by atoms with Crippen molar-refractivity contribution in [2.45, 2.75) is 18.9 Å². The Morgan fingerprint density at radius 3 is 2.22 bits per heavy atom. The van der Waals surface area contributed by atoms with Gasteiger partial charge in [-0.3, -0.25) is 9.59 Å². The fourth-order valence-electron chi connectivity index (χ4n) is 5.08. The van der Waals surface area contributed by atoms with E-state index in [1.807, 2.05) is 53.4 Å². The van der Waals surface area contributed by atoms with Gasteiger partial charge in [-0.05, 0) is 67.4 Å². The zero-order chi connectivity index (χ0) is 25.8. The van der Waals surface area contributed by atoms with Gasteiger partial charge in [-0.25, -0.2) is 4.39 Å². The first kappa shape index (κ1) is 25.1. The van der Waals surface area contributed by atoms with Crippen LogP contribution in [0.25, 0.3) is 0 Å². The summed E-state index contributed by atoms with van der Waals surface area (Å²) in [7, 11) is 0. The molecule has 37 heavy (non-hydrogen) atoms. The number of benzene rings is 3. The Kier molecular flexibility index (Phi) is 7.60. The van der Waals surface area contributed by atoms with Crippen molar-refractivity contribution in [1.82, 2.24) is 10.2 Å². The quantitative estimate of drug-likeness (QED) is 0.523. The average molecular weight is 521 g/mol. The molecule has 3 aromatic carbocycles. The van der Waals surface area contributed by atoms with Gasteiger partial charge in [-0.2, -0.15) is 0 Å². The highest BCUT2D eigenvalue weighted by molar-refractivity contribution is 6.30. The molecule has 2 aliphatic rings. The SMILES string of the molecule is O=C(NC1CCN(c2ccccc2C(=O)N2CCN(c3ccc(Cl)cc3)CC2)CC1)c1cccc(F)c1. The van der Waals surface area contributed by atoms with E-state index in [0.717, 1.165) is 50.4 Å². The second-order valence-corrected chi connectivity index (χ2v) is 9.95. The Morgan fingerprint density at radius 2 is 1.51 bits per heavy atom. The van der Waals surface area contributed by atoms with Gasteiger partial charge in [0.2, 0.25) is 0 Å². The minimum Gasteiger partial charge on any atom is -0.371 e. The predicted octanol–water partition coefficient (Wildman–Crippen LogP) is 4.84. The summed E-state index contributed by atoms with van der Waals surface area (Å²) in [5.74, 6) is -0.630. The molecule has 0 unspecified atom stereocenters. The second kappa shape index (κ2) is 11.2. The summed E-state index contributed by atoms with van der Waals surface area (Å²) in [6.07, 6.45) is 1.51. The summed E-state index contributed by atoms with van der Waals surface area (Å²) in [6, 6.07) is 21.3. The monoisotopic (exact) mass is 520 g/mol. The van der Waals surface area contributed by atoms with Crippen LogP contribution in [0.3, 0.4) is 0 Å². The molecule has 2 amide bonds.